The number of aliphatic hydroxyl groups is 1. The van der Waals surface area contributed by atoms with E-state index < -0.39 is 6.17 Å². The number of carbonyl (C=O) groups excluding carboxylic acids is 1. The molecule has 216 valence electrons. The quantitative estimate of drug-likeness (QED) is 0.447. The van der Waals surface area contributed by atoms with E-state index in [1.165, 1.54) is 17.0 Å². The van der Waals surface area contributed by atoms with Crippen LogP contribution in [0.1, 0.15) is 54.2 Å². The summed E-state index contributed by atoms with van der Waals surface area (Å²) in [4.78, 5) is 28.9. The minimum absolute atomic E-state index is 0.0357. The Balaban J connectivity index is 1.29. The lowest BCUT2D eigenvalue weighted by atomic mass is 9.95. The van der Waals surface area contributed by atoms with Gasteiger partial charge in [-0.15, -0.1) is 0 Å². The van der Waals surface area contributed by atoms with Gasteiger partial charge in [-0.1, -0.05) is 13.0 Å². The lowest BCUT2D eigenvalue weighted by molar-refractivity contribution is 0.0995. The summed E-state index contributed by atoms with van der Waals surface area (Å²) in [5, 5.41) is 21.6. The van der Waals surface area contributed by atoms with Crippen LogP contribution in [-0.2, 0) is 13.0 Å². The zero-order chi connectivity index (χ0) is 28.5. The Morgan fingerprint density at radius 3 is 2.83 bits per heavy atom. The van der Waals surface area contributed by atoms with Crippen LogP contribution in [0.3, 0.4) is 0 Å². The number of phenolic OH excluding ortho intramolecular Hbond substituents is 1. The predicted molar refractivity (Wildman–Crippen MR) is 149 cm³/mol. The summed E-state index contributed by atoms with van der Waals surface area (Å²) in [6, 6.07) is 5.94. The van der Waals surface area contributed by atoms with Crippen molar-refractivity contribution < 1.29 is 28.5 Å². The van der Waals surface area contributed by atoms with Crippen molar-refractivity contribution in [3.05, 3.63) is 46.9 Å². The monoisotopic (exact) mass is 565 g/mol. The third-order valence-electron chi connectivity index (χ3n) is 9.35. The Kier molecular flexibility index (Phi) is 6.27. The highest BCUT2D eigenvalue weighted by molar-refractivity contribution is 6.16. The average Bonchev–Trinajstić information content (AvgIpc) is 3.56. The van der Waals surface area contributed by atoms with Gasteiger partial charge in [0.1, 0.15) is 35.7 Å². The Labute approximate surface area is 236 Å². The molecule has 7 rings (SSSR count). The number of aliphatic hydroxyl groups excluding tert-OH is 1. The molecule has 1 aromatic heterocycles. The van der Waals surface area contributed by atoms with Crippen molar-refractivity contribution in [3.8, 4) is 11.8 Å². The second kappa shape index (κ2) is 9.77. The van der Waals surface area contributed by atoms with Crippen molar-refractivity contribution >= 4 is 28.2 Å². The Morgan fingerprint density at radius 2 is 2.07 bits per heavy atom. The number of phenols is 1. The van der Waals surface area contributed by atoms with Crippen molar-refractivity contribution in [1.29, 1.82) is 0 Å². The molecule has 4 aliphatic rings. The SMILES string of the molecule is CCc1c(F)ccc2cc(O)cc(N3Cc4nc(OC[C@@]56CCCN5C[C@H](F)C6)nc(N5CCC5CO)c4C3=O)c12. The highest BCUT2D eigenvalue weighted by Crippen LogP contribution is 2.43. The first-order valence-corrected chi connectivity index (χ1v) is 14.4. The van der Waals surface area contributed by atoms with Gasteiger partial charge in [0.15, 0.2) is 0 Å². The molecule has 0 spiro atoms. The Morgan fingerprint density at radius 1 is 1.22 bits per heavy atom. The number of aryl methyl sites for hydroxylation is 1. The summed E-state index contributed by atoms with van der Waals surface area (Å²) >= 11 is 0. The zero-order valence-electron chi connectivity index (χ0n) is 22.9. The van der Waals surface area contributed by atoms with E-state index in [9.17, 15) is 23.8 Å². The molecule has 5 heterocycles. The summed E-state index contributed by atoms with van der Waals surface area (Å²) in [7, 11) is 0. The van der Waals surface area contributed by atoms with E-state index in [0.717, 1.165) is 25.8 Å². The van der Waals surface area contributed by atoms with E-state index in [1.807, 2.05) is 11.8 Å². The van der Waals surface area contributed by atoms with Crippen LogP contribution in [0.5, 0.6) is 11.8 Å². The predicted octanol–water partition coefficient (Wildman–Crippen LogP) is 3.72. The van der Waals surface area contributed by atoms with Crippen LogP contribution in [-0.4, -0.2) is 81.6 Å². The highest BCUT2D eigenvalue weighted by Gasteiger charge is 2.49. The van der Waals surface area contributed by atoms with Crippen molar-refractivity contribution in [1.82, 2.24) is 14.9 Å². The molecule has 3 atom stereocenters. The number of hydrogen-bond acceptors (Lipinski definition) is 8. The van der Waals surface area contributed by atoms with E-state index in [-0.39, 0.29) is 54.8 Å². The van der Waals surface area contributed by atoms with Crippen LogP contribution in [0.4, 0.5) is 20.3 Å². The largest absolute Gasteiger partial charge is 0.508 e. The molecule has 11 heteroatoms. The number of halogens is 2. The van der Waals surface area contributed by atoms with Crippen molar-refractivity contribution in [2.24, 2.45) is 0 Å². The van der Waals surface area contributed by atoms with Gasteiger partial charge in [-0.2, -0.15) is 9.97 Å². The van der Waals surface area contributed by atoms with Gasteiger partial charge >= 0.3 is 6.01 Å². The maximum atomic E-state index is 14.9. The number of ether oxygens (including phenoxy) is 1. The second-order valence-electron chi connectivity index (χ2n) is 11.7. The molecule has 2 N–H and O–H groups in total. The Hall–Kier alpha value is -3.57. The van der Waals surface area contributed by atoms with Crippen LogP contribution in [0, 0.1) is 5.82 Å². The molecule has 1 unspecified atom stereocenters. The number of alkyl halides is 1. The molecule has 9 nitrogen and oxygen atoms in total. The number of fused-ring (bicyclic) bond motifs is 3. The maximum Gasteiger partial charge on any atom is 0.318 e. The number of aromatic hydroxyl groups is 1. The third kappa shape index (κ3) is 4.12. The number of nitrogens with zero attached hydrogens (tertiary/aromatic N) is 5. The topological polar surface area (TPSA) is 102 Å². The van der Waals surface area contributed by atoms with Crippen molar-refractivity contribution in [2.75, 3.05) is 42.6 Å². The van der Waals surface area contributed by atoms with Gasteiger partial charge in [0.05, 0.1) is 36.1 Å². The summed E-state index contributed by atoms with van der Waals surface area (Å²) < 4.78 is 35.4. The normalized spacial score (nSPS) is 25.6. The third-order valence-corrected chi connectivity index (χ3v) is 9.35. The Bertz CT molecular complexity index is 1550. The first kappa shape index (κ1) is 26.3. The average molecular weight is 566 g/mol. The van der Waals surface area contributed by atoms with Crippen LogP contribution in [0.25, 0.3) is 10.8 Å². The van der Waals surface area contributed by atoms with Crippen molar-refractivity contribution in [2.45, 2.75) is 63.3 Å². The molecule has 3 aromatic rings. The molecule has 0 aliphatic carbocycles. The fraction of sp³-hybridized carbons (Fsp3) is 0.500. The van der Waals surface area contributed by atoms with E-state index in [0.29, 0.717) is 65.0 Å². The molecule has 0 bridgehead atoms. The van der Waals surface area contributed by atoms with E-state index in [1.54, 1.807) is 12.1 Å². The molecular weight excluding hydrogens is 532 g/mol. The van der Waals surface area contributed by atoms with Crippen LogP contribution >= 0.6 is 0 Å². The fourth-order valence-electron chi connectivity index (χ4n) is 7.22. The van der Waals surface area contributed by atoms with Gasteiger partial charge in [-0.05, 0) is 55.3 Å². The molecule has 41 heavy (non-hydrogen) atoms. The molecular formula is C30H33F2N5O4. The second-order valence-corrected chi connectivity index (χ2v) is 11.7. The summed E-state index contributed by atoms with van der Waals surface area (Å²) in [6.45, 7) is 3.97. The van der Waals surface area contributed by atoms with Gasteiger partial charge in [0.25, 0.3) is 5.91 Å². The number of rotatable bonds is 7. The number of benzene rings is 2. The van der Waals surface area contributed by atoms with Gasteiger partial charge in [-0.3, -0.25) is 9.69 Å². The van der Waals surface area contributed by atoms with E-state index in [2.05, 4.69) is 14.9 Å². The van der Waals surface area contributed by atoms with Gasteiger partial charge in [0, 0.05) is 31.0 Å². The van der Waals surface area contributed by atoms with Crippen LogP contribution in [0.15, 0.2) is 24.3 Å². The van der Waals surface area contributed by atoms with E-state index >= 15 is 0 Å². The molecule has 3 fully saturated rings. The molecule has 0 saturated carbocycles. The molecule has 4 aliphatic heterocycles. The lowest BCUT2D eigenvalue weighted by Crippen LogP contribution is -2.51. The van der Waals surface area contributed by atoms with Gasteiger partial charge in [0.2, 0.25) is 0 Å². The van der Waals surface area contributed by atoms with Crippen LogP contribution in [0.2, 0.25) is 0 Å². The first-order chi connectivity index (χ1) is 19.8. The number of anilines is 2. The lowest BCUT2D eigenvalue weighted by Gasteiger charge is -2.41. The number of carbonyl (C=O) groups is 1. The number of aromatic nitrogens is 2. The first-order valence-electron chi connectivity index (χ1n) is 14.4. The summed E-state index contributed by atoms with van der Waals surface area (Å²) in [5.74, 6) is -0.377. The minimum atomic E-state index is -0.886. The fourth-order valence-corrected chi connectivity index (χ4v) is 7.22. The van der Waals surface area contributed by atoms with Crippen LogP contribution < -0.4 is 14.5 Å². The number of amides is 1. The molecule has 0 radical (unpaired) electrons. The maximum absolute atomic E-state index is 14.9. The molecule has 3 saturated heterocycles. The van der Waals surface area contributed by atoms with Gasteiger partial charge in [-0.25, -0.2) is 8.78 Å². The highest BCUT2D eigenvalue weighted by atomic mass is 19.1. The summed E-state index contributed by atoms with van der Waals surface area (Å²) in [5.41, 5.74) is 1.25. The summed E-state index contributed by atoms with van der Waals surface area (Å²) in [6.07, 6.45) is 2.52. The zero-order valence-corrected chi connectivity index (χ0v) is 22.9. The number of hydrogen-bond donors (Lipinski definition) is 2. The minimum Gasteiger partial charge on any atom is -0.508 e. The molecule has 2 aromatic carbocycles. The van der Waals surface area contributed by atoms with Gasteiger partial charge < -0.3 is 24.7 Å². The smallest absolute Gasteiger partial charge is 0.318 e. The van der Waals surface area contributed by atoms with Crippen molar-refractivity contribution in [3.63, 3.8) is 0 Å². The molecule has 1 amide bonds. The standard InChI is InChI=1S/C30H33F2N5O4/c1-2-21-22(32)5-4-17-10-20(39)11-24(25(17)21)37-14-23-26(28(37)40)27(36-9-6-19(36)15-38)34-29(33-23)41-16-30-7-3-8-35(30)13-18(31)12-30/h4-5,10-11,18-19,38-39H,2-3,6-9,12-16H2,1H3/t18-,19?,30+/m1/s1. The van der Waals surface area contributed by atoms with E-state index in [4.69, 9.17) is 4.74 Å².